The summed E-state index contributed by atoms with van der Waals surface area (Å²) < 4.78 is 19.7. The monoisotopic (exact) mass is 284 g/mol. The Kier molecular flexibility index (Phi) is 4.91. The molecular formula is C17H17FN2O. The van der Waals surface area contributed by atoms with E-state index in [1.165, 1.54) is 6.07 Å². The van der Waals surface area contributed by atoms with Crippen molar-refractivity contribution in [3.63, 3.8) is 0 Å². The molecule has 0 bridgehead atoms. The third-order valence-corrected chi connectivity index (χ3v) is 3.17. The van der Waals surface area contributed by atoms with Crippen molar-refractivity contribution in [1.29, 1.82) is 5.26 Å². The van der Waals surface area contributed by atoms with E-state index in [1.54, 1.807) is 12.1 Å². The molecular weight excluding hydrogens is 267 g/mol. The van der Waals surface area contributed by atoms with Gasteiger partial charge in [-0.15, -0.1) is 0 Å². The van der Waals surface area contributed by atoms with Crippen LogP contribution in [-0.2, 0) is 13.2 Å². The minimum Gasteiger partial charge on any atom is -0.488 e. The number of rotatable bonds is 5. The van der Waals surface area contributed by atoms with Crippen LogP contribution in [0.15, 0.2) is 36.4 Å². The van der Waals surface area contributed by atoms with Gasteiger partial charge in [-0.3, -0.25) is 0 Å². The van der Waals surface area contributed by atoms with Gasteiger partial charge < -0.3 is 10.1 Å². The molecule has 0 saturated heterocycles. The molecule has 0 aliphatic heterocycles. The molecule has 0 spiro atoms. The Morgan fingerprint density at radius 3 is 2.76 bits per heavy atom. The second kappa shape index (κ2) is 6.87. The van der Waals surface area contributed by atoms with Crippen LogP contribution in [0.2, 0.25) is 0 Å². The topological polar surface area (TPSA) is 45.0 Å². The zero-order valence-electron chi connectivity index (χ0n) is 12.1. The minimum atomic E-state index is -0.512. The second-order valence-electron chi connectivity index (χ2n) is 4.82. The molecule has 4 heteroatoms. The number of ether oxygens (including phenoxy) is 1. The average molecular weight is 284 g/mol. The highest BCUT2D eigenvalue weighted by Gasteiger charge is 2.09. The van der Waals surface area contributed by atoms with Crippen molar-refractivity contribution < 1.29 is 9.13 Å². The van der Waals surface area contributed by atoms with Crippen LogP contribution in [0.3, 0.4) is 0 Å². The van der Waals surface area contributed by atoms with Gasteiger partial charge in [-0.2, -0.15) is 5.26 Å². The number of aryl methyl sites for hydroxylation is 1. The summed E-state index contributed by atoms with van der Waals surface area (Å²) in [6, 6.07) is 12.4. The first kappa shape index (κ1) is 15.0. The van der Waals surface area contributed by atoms with Gasteiger partial charge in [0.25, 0.3) is 0 Å². The molecule has 21 heavy (non-hydrogen) atoms. The summed E-state index contributed by atoms with van der Waals surface area (Å²) in [5.74, 6) is 0.207. The van der Waals surface area contributed by atoms with Crippen LogP contribution in [-0.4, -0.2) is 7.05 Å². The Balaban J connectivity index is 2.19. The lowest BCUT2D eigenvalue weighted by Gasteiger charge is -2.13. The molecule has 0 amide bonds. The third kappa shape index (κ3) is 3.59. The Morgan fingerprint density at radius 2 is 2.05 bits per heavy atom. The lowest BCUT2D eigenvalue weighted by molar-refractivity contribution is 0.296. The maximum absolute atomic E-state index is 14.0. The zero-order chi connectivity index (χ0) is 15.2. The van der Waals surface area contributed by atoms with Crippen molar-refractivity contribution in [2.75, 3.05) is 7.05 Å². The summed E-state index contributed by atoms with van der Waals surface area (Å²) in [4.78, 5) is 0. The fraction of sp³-hybridized carbons (Fsp3) is 0.235. The maximum atomic E-state index is 14.0. The fourth-order valence-corrected chi connectivity index (χ4v) is 2.11. The van der Waals surface area contributed by atoms with E-state index >= 15 is 0 Å². The molecule has 0 aliphatic rings. The summed E-state index contributed by atoms with van der Waals surface area (Å²) in [6.07, 6.45) is 0. The zero-order valence-corrected chi connectivity index (χ0v) is 12.1. The molecule has 2 aromatic rings. The number of hydrogen-bond donors (Lipinski definition) is 1. The van der Waals surface area contributed by atoms with E-state index in [0.717, 1.165) is 16.9 Å². The summed E-state index contributed by atoms with van der Waals surface area (Å²) in [5.41, 5.74) is 2.58. The first-order valence-corrected chi connectivity index (χ1v) is 6.70. The van der Waals surface area contributed by atoms with Crippen LogP contribution in [0.1, 0.15) is 22.3 Å². The van der Waals surface area contributed by atoms with E-state index in [-0.39, 0.29) is 12.2 Å². The number of hydrogen-bond acceptors (Lipinski definition) is 3. The molecule has 2 aromatic carbocycles. The maximum Gasteiger partial charge on any atom is 0.147 e. The summed E-state index contributed by atoms with van der Waals surface area (Å²) in [6.45, 7) is 2.79. The van der Waals surface area contributed by atoms with Crippen molar-refractivity contribution in [1.82, 2.24) is 5.32 Å². The Bertz CT molecular complexity index is 677. The van der Waals surface area contributed by atoms with Crippen LogP contribution >= 0.6 is 0 Å². The van der Waals surface area contributed by atoms with Gasteiger partial charge in [-0.1, -0.05) is 29.8 Å². The summed E-state index contributed by atoms with van der Waals surface area (Å²) in [7, 11) is 1.86. The Morgan fingerprint density at radius 1 is 1.24 bits per heavy atom. The number of nitrogens with zero attached hydrogens (tertiary/aromatic N) is 1. The quantitative estimate of drug-likeness (QED) is 0.916. The fourth-order valence-electron chi connectivity index (χ4n) is 2.11. The van der Waals surface area contributed by atoms with Crippen LogP contribution in [0.5, 0.6) is 5.75 Å². The average Bonchev–Trinajstić information content (AvgIpc) is 2.48. The van der Waals surface area contributed by atoms with Crippen LogP contribution in [0, 0.1) is 24.1 Å². The first-order valence-electron chi connectivity index (χ1n) is 6.70. The largest absolute Gasteiger partial charge is 0.488 e. The second-order valence-corrected chi connectivity index (χ2v) is 4.82. The molecule has 0 saturated carbocycles. The molecule has 0 fully saturated rings. The van der Waals surface area contributed by atoms with Crippen LogP contribution in [0.4, 0.5) is 4.39 Å². The number of halogens is 1. The number of nitriles is 1. The molecule has 0 atom stereocenters. The van der Waals surface area contributed by atoms with Gasteiger partial charge in [-0.25, -0.2) is 4.39 Å². The van der Waals surface area contributed by atoms with Gasteiger partial charge in [-0.05, 0) is 26.1 Å². The first-order chi connectivity index (χ1) is 10.2. The van der Waals surface area contributed by atoms with E-state index in [9.17, 15) is 4.39 Å². The SMILES string of the molecule is CNCc1cc(C)ccc1OCc1cccc(C#N)c1F. The Labute approximate surface area is 124 Å². The predicted octanol–water partition coefficient (Wildman–Crippen LogP) is 3.30. The summed E-state index contributed by atoms with van der Waals surface area (Å²) in [5, 5.41) is 11.9. The highest BCUT2D eigenvalue weighted by molar-refractivity contribution is 5.38. The minimum absolute atomic E-state index is 0.0375. The molecule has 0 heterocycles. The summed E-state index contributed by atoms with van der Waals surface area (Å²) >= 11 is 0. The van der Waals surface area contributed by atoms with Crippen molar-refractivity contribution in [2.24, 2.45) is 0 Å². The lowest BCUT2D eigenvalue weighted by atomic mass is 10.1. The van der Waals surface area contributed by atoms with Crippen molar-refractivity contribution in [2.45, 2.75) is 20.1 Å². The van der Waals surface area contributed by atoms with Gasteiger partial charge in [0.15, 0.2) is 0 Å². The van der Waals surface area contributed by atoms with Crippen LogP contribution < -0.4 is 10.1 Å². The van der Waals surface area contributed by atoms with Gasteiger partial charge in [0.05, 0.1) is 5.56 Å². The molecule has 2 rings (SSSR count). The van der Waals surface area contributed by atoms with E-state index < -0.39 is 5.82 Å². The molecule has 1 N–H and O–H groups in total. The van der Waals surface area contributed by atoms with E-state index in [1.807, 2.05) is 38.2 Å². The van der Waals surface area contributed by atoms with E-state index in [4.69, 9.17) is 10.00 Å². The lowest BCUT2D eigenvalue weighted by Crippen LogP contribution is -2.08. The molecule has 0 unspecified atom stereocenters. The highest BCUT2D eigenvalue weighted by atomic mass is 19.1. The van der Waals surface area contributed by atoms with Crippen LogP contribution in [0.25, 0.3) is 0 Å². The molecule has 0 radical (unpaired) electrons. The smallest absolute Gasteiger partial charge is 0.147 e. The highest BCUT2D eigenvalue weighted by Crippen LogP contribution is 2.22. The standard InChI is InChI=1S/C17H17FN2O/c1-12-6-7-16(15(8-12)10-20-2)21-11-14-5-3-4-13(9-19)17(14)18/h3-8,20H,10-11H2,1-2H3. The Hall–Kier alpha value is -2.38. The van der Waals surface area contributed by atoms with Gasteiger partial charge in [0.1, 0.15) is 24.2 Å². The molecule has 108 valence electrons. The number of nitrogens with one attached hydrogen (secondary N) is 1. The van der Waals surface area contributed by atoms with Crippen molar-refractivity contribution in [3.8, 4) is 11.8 Å². The van der Waals surface area contributed by atoms with Gasteiger partial charge in [0, 0.05) is 17.7 Å². The van der Waals surface area contributed by atoms with Crippen molar-refractivity contribution in [3.05, 3.63) is 64.5 Å². The van der Waals surface area contributed by atoms with Gasteiger partial charge in [0.2, 0.25) is 0 Å². The third-order valence-electron chi connectivity index (χ3n) is 3.17. The van der Waals surface area contributed by atoms with Gasteiger partial charge >= 0.3 is 0 Å². The molecule has 3 nitrogen and oxygen atoms in total. The number of benzene rings is 2. The van der Waals surface area contributed by atoms with Crippen molar-refractivity contribution >= 4 is 0 Å². The van der Waals surface area contributed by atoms with E-state index in [0.29, 0.717) is 12.1 Å². The van der Waals surface area contributed by atoms with E-state index in [2.05, 4.69) is 5.32 Å². The normalized spacial score (nSPS) is 10.2. The molecule has 0 aromatic heterocycles. The molecule has 0 aliphatic carbocycles. The predicted molar refractivity (Wildman–Crippen MR) is 79.4 cm³/mol.